The van der Waals surface area contributed by atoms with E-state index in [1.165, 1.54) is 23.1 Å². The number of rotatable bonds is 5. The molecule has 0 spiro atoms. The van der Waals surface area contributed by atoms with Gasteiger partial charge in [0.05, 0.1) is 39.8 Å². The molecule has 206 valence electrons. The zero-order valence-corrected chi connectivity index (χ0v) is 21.1. The quantitative estimate of drug-likeness (QED) is 0.301. The van der Waals surface area contributed by atoms with Crippen LogP contribution in [0.5, 0.6) is 0 Å². The standard InChI is InChI=1S/C23H17ClF6N6O2S/c24-16-2-1-3-17-19(16)21(33-36(17)39(37,38)15-6-4-13(5-7-15)20(26)27)35-9-8-34(12-18(35)23(28,29)30)22-31-10-14(25)11-32-22/h1-7,10-11,18,20H,8-9,12H2. The van der Waals surface area contributed by atoms with E-state index < -0.39 is 51.5 Å². The molecule has 1 aliphatic heterocycles. The van der Waals surface area contributed by atoms with Gasteiger partial charge in [-0.15, -0.1) is 5.10 Å². The van der Waals surface area contributed by atoms with E-state index in [0.717, 1.165) is 41.6 Å². The first-order chi connectivity index (χ1) is 18.4. The molecule has 0 bridgehead atoms. The third kappa shape index (κ3) is 4.95. The number of piperazine rings is 1. The second-order valence-corrected chi connectivity index (χ2v) is 10.7. The number of anilines is 2. The van der Waals surface area contributed by atoms with E-state index in [-0.39, 0.29) is 40.8 Å². The van der Waals surface area contributed by atoms with Gasteiger partial charge in [-0.05, 0) is 24.3 Å². The summed E-state index contributed by atoms with van der Waals surface area (Å²) < 4.78 is 110. The Morgan fingerprint density at radius 2 is 1.67 bits per heavy atom. The highest BCUT2D eigenvalue weighted by atomic mass is 35.5. The average molecular weight is 591 g/mol. The largest absolute Gasteiger partial charge is 0.410 e. The molecule has 8 nitrogen and oxygen atoms in total. The minimum Gasteiger partial charge on any atom is -0.339 e. The van der Waals surface area contributed by atoms with Crippen LogP contribution in [0.1, 0.15) is 12.0 Å². The zero-order valence-electron chi connectivity index (χ0n) is 19.5. The van der Waals surface area contributed by atoms with Crippen LogP contribution < -0.4 is 9.80 Å². The lowest BCUT2D eigenvalue weighted by atomic mass is 10.1. The van der Waals surface area contributed by atoms with Crippen LogP contribution in [0, 0.1) is 5.82 Å². The monoisotopic (exact) mass is 590 g/mol. The van der Waals surface area contributed by atoms with Crippen molar-refractivity contribution in [3.8, 4) is 0 Å². The van der Waals surface area contributed by atoms with Crippen molar-refractivity contribution in [1.82, 2.24) is 19.2 Å². The van der Waals surface area contributed by atoms with Crippen molar-refractivity contribution >= 4 is 44.3 Å². The molecule has 4 aromatic rings. The molecule has 1 saturated heterocycles. The summed E-state index contributed by atoms with van der Waals surface area (Å²) in [6, 6.07) is 5.75. The Bertz CT molecular complexity index is 1610. The molecule has 1 atom stereocenters. The van der Waals surface area contributed by atoms with E-state index in [9.17, 15) is 34.8 Å². The molecule has 0 saturated carbocycles. The number of hydrogen-bond donors (Lipinski definition) is 0. The molecule has 16 heteroatoms. The lowest BCUT2D eigenvalue weighted by Crippen LogP contribution is -2.60. The molecule has 3 heterocycles. The summed E-state index contributed by atoms with van der Waals surface area (Å²) in [6.07, 6.45) is -5.95. The number of alkyl halides is 5. The minimum absolute atomic E-state index is 0.0289. The summed E-state index contributed by atoms with van der Waals surface area (Å²) in [7, 11) is -4.53. The topological polar surface area (TPSA) is 84.2 Å². The first-order valence-electron chi connectivity index (χ1n) is 11.2. The van der Waals surface area contributed by atoms with Crippen LogP contribution in [-0.4, -0.2) is 59.4 Å². The Balaban J connectivity index is 1.60. The fourth-order valence-electron chi connectivity index (χ4n) is 4.32. The maximum Gasteiger partial charge on any atom is 0.410 e. The van der Waals surface area contributed by atoms with Crippen molar-refractivity contribution < 1.29 is 34.8 Å². The molecule has 2 aromatic heterocycles. The summed E-state index contributed by atoms with van der Waals surface area (Å²) in [5, 5.41) is 4.00. The molecule has 1 unspecified atom stereocenters. The normalized spacial score (nSPS) is 16.9. The summed E-state index contributed by atoms with van der Waals surface area (Å²) in [5.41, 5.74) is -0.500. The highest BCUT2D eigenvalue weighted by Gasteiger charge is 2.48. The SMILES string of the molecule is O=S(=O)(c1ccc(C(F)F)cc1)n1nc(N2CCN(c3ncc(F)cn3)CC2C(F)(F)F)c2c(Cl)cccc21. The Morgan fingerprint density at radius 1 is 1.00 bits per heavy atom. The van der Waals surface area contributed by atoms with E-state index in [0.29, 0.717) is 4.09 Å². The highest BCUT2D eigenvalue weighted by Crippen LogP contribution is 2.39. The van der Waals surface area contributed by atoms with Crippen molar-refractivity contribution in [1.29, 1.82) is 0 Å². The van der Waals surface area contributed by atoms with E-state index in [1.807, 2.05) is 0 Å². The van der Waals surface area contributed by atoms with Gasteiger partial charge in [-0.3, -0.25) is 0 Å². The lowest BCUT2D eigenvalue weighted by Gasteiger charge is -2.42. The Labute approximate surface area is 222 Å². The fourth-order valence-corrected chi connectivity index (χ4v) is 5.85. The van der Waals surface area contributed by atoms with Gasteiger partial charge < -0.3 is 9.80 Å². The van der Waals surface area contributed by atoms with Crippen molar-refractivity contribution in [2.24, 2.45) is 0 Å². The molecule has 2 aromatic carbocycles. The van der Waals surface area contributed by atoms with Gasteiger partial charge in [0.25, 0.3) is 16.4 Å². The fraction of sp³-hybridized carbons (Fsp3) is 0.261. The van der Waals surface area contributed by atoms with Crippen LogP contribution >= 0.6 is 11.6 Å². The van der Waals surface area contributed by atoms with E-state index in [4.69, 9.17) is 11.6 Å². The molecule has 0 amide bonds. The third-order valence-electron chi connectivity index (χ3n) is 6.18. The summed E-state index contributed by atoms with van der Waals surface area (Å²) in [5.74, 6) is -1.18. The van der Waals surface area contributed by atoms with Gasteiger partial charge in [0.1, 0.15) is 6.04 Å². The van der Waals surface area contributed by atoms with Crippen LogP contribution in [0.4, 0.5) is 38.1 Å². The molecule has 1 aliphatic rings. The van der Waals surface area contributed by atoms with Gasteiger partial charge in [0, 0.05) is 18.7 Å². The van der Waals surface area contributed by atoms with Crippen LogP contribution in [0.2, 0.25) is 5.02 Å². The van der Waals surface area contributed by atoms with E-state index >= 15 is 0 Å². The first kappa shape index (κ1) is 27.0. The van der Waals surface area contributed by atoms with Gasteiger partial charge in [0.2, 0.25) is 5.95 Å². The van der Waals surface area contributed by atoms with Crippen molar-refractivity contribution in [2.75, 3.05) is 29.4 Å². The average Bonchev–Trinajstić information content (AvgIpc) is 3.30. The predicted molar refractivity (Wildman–Crippen MR) is 130 cm³/mol. The number of fused-ring (bicyclic) bond motifs is 1. The number of aromatic nitrogens is 4. The number of benzene rings is 2. The van der Waals surface area contributed by atoms with Crippen LogP contribution in [0.25, 0.3) is 10.9 Å². The maximum atomic E-state index is 14.3. The Morgan fingerprint density at radius 3 is 2.28 bits per heavy atom. The summed E-state index contributed by atoms with van der Waals surface area (Å²) in [4.78, 5) is 9.25. The smallest absolute Gasteiger partial charge is 0.339 e. The molecule has 1 fully saturated rings. The Kier molecular flexibility index (Phi) is 6.83. The molecule has 0 radical (unpaired) electrons. The van der Waals surface area contributed by atoms with Crippen molar-refractivity contribution in [3.05, 3.63) is 71.3 Å². The molecule has 39 heavy (non-hydrogen) atoms. The van der Waals surface area contributed by atoms with Crippen LogP contribution in [-0.2, 0) is 10.0 Å². The van der Waals surface area contributed by atoms with Crippen LogP contribution in [0.3, 0.4) is 0 Å². The molecule has 5 rings (SSSR count). The minimum atomic E-state index is -4.81. The summed E-state index contributed by atoms with van der Waals surface area (Å²) >= 11 is 6.34. The first-order valence-corrected chi connectivity index (χ1v) is 13.1. The number of hydrogen-bond acceptors (Lipinski definition) is 7. The number of nitrogens with zero attached hydrogens (tertiary/aromatic N) is 6. The second kappa shape index (κ2) is 9.86. The van der Waals surface area contributed by atoms with E-state index in [1.54, 1.807) is 0 Å². The molecule has 0 aliphatic carbocycles. The third-order valence-corrected chi connectivity index (χ3v) is 8.10. The van der Waals surface area contributed by atoms with Crippen molar-refractivity contribution in [2.45, 2.75) is 23.5 Å². The number of halogens is 7. The van der Waals surface area contributed by atoms with Crippen molar-refractivity contribution in [3.63, 3.8) is 0 Å². The summed E-state index contributed by atoms with van der Waals surface area (Å²) in [6.45, 7) is -0.972. The Hall–Kier alpha value is -3.59. The van der Waals surface area contributed by atoms with Gasteiger partial charge in [-0.1, -0.05) is 29.8 Å². The maximum absolute atomic E-state index is 14.3. The lowest BCUT2D eigenvalue weighted by molar-refractivity contribution is -0.148. The van der Waals surface area contributed by atoms with Gasteiger partial charge in [0.15, 0.2) is 11.6 Å². The highest BCUT2D eigenvalue weighted by molar-refractivity contribution is 7.90. The van der Waals surface area contributed by atoms with Gasteiger partial charge >= 0.3 is 6.18 Å². The predicted octanol–water partition coefficient (Wildman–Crippen LogP) is 5.05. The molecular weight excluding hydrogens is 574 g/mol. The molecule has 0 N–H and O–H groups in total. The van der Waals surface area contributed by atoms with E-state index in [2.05, 4.69) is 15.1 Å². The van der Waals surface area contributed by atoms with Gasteiger partial charge in [-0.2, -0.15) is 25.7 Å². The second-order valence-electron chi connectivity index (χ2n) is 8.57. The molecular formula is C23H17ClF6N6O2S. The van der Waals surface area contributed by atoms with Gasteiger partial charge in [-0.25, -0.2) is 23.1 Å². The van der Waals surface area contributed by atoms with Crippen LogP contribution in [0.15, 0.2) is 59.8 Å². The zero-order chi connectivity index (χ0) is 28.1.